The molecule has 0 aromatic rings. The smallest absolute Gasteiger partial charge is 0.0851 e. The molecule has 2 unspecified atom stereocenters. The molecule has 0 aromatic heterocycles. The number of rotatable bonds is 10. The van der Waals surface area contributed by atoms with Gasteiger partial charge >= 0.3 is 0 Å². The molecule has 5 heteroatoms. The van der Waals surface area contributed by atoms with Crippen molar-refractivity contribution in [3.05, 3.63) is 12.2 Å². The second kappa shape index (κ2) is 11.2. The normalized spacial score (nSPS) is 34.4. The Morgan fingerprint density at radius 1 is 1.29 bits per heavy atom. The molecule has 0 radical (unpaired) electrons. The summed E-state index contributed by atoms with van der Waals surface area (Å²) in [6, 6.07) is 0. The van der Waals surface area contributed by atoms with Gasteiger partial charge in [-0.15, -0.1) is 0 Å². The summed E-state index contributed by atoms with van der Waals surface area (Å²) < 4.78 is 19.1. The predicted molar refractivity (Wildman–Crippen MR) is 109 cm³/mol. The lowest BCUT2D eigenvalue weighted by molar-refractivity contribution is 0.0933. The molecule has 24 heavy (non-hydrogen) atoms. The van der Waals surface area contributed by atoms with Gasteiger partial charge in [-0.3, -0.25) is 0 Å². The molecule has 0 aromatic carbocycles. The van der Waals surface area contributed by atoms with E-state index >= 15 is 0 Å². The van der Waals surface area contributed by atoms with Crippen LogP contribution >= 0.6 is 18.9 Å². The first kappa shape index (κ1) is 19.2. The van der Waals surface area contributed by atoms with E-state index in [-0.39, 0.29) is 23.5 Å². The fourth-order valence-corrected chi connectivity index (χ4v) is 5.59. The first-order valence-electron chi connectivity index (χ1n) is 10.1. The molecule has 142 valence electrons. The zero-order chi connectivity index (χ0) is 18.1. The molecular weight excluding hydrogens is 338 g/mol. The molecule has 0 spiro atoms. The van der Waals surface area contributed by atoms with E-state index in [2.05, 4.69) is 22.5 Å². The van der Waals surface area contributed by atoms with Gasteiger partial charge in [-0.1, -0.05) is 38.3 Å². The van der Waals surface area contributed by atoms with Crippen molar-refractivity contribution in [3.8, 4) is 0 Å². The number of hydrogen-bond acceptors (Lipinski definition) is 3. The van der Waals surface area contributed by atoms with Crippen LogP contribution in [0.3, 0.4) is 0 Å². The molecule has 0 amide bonds. The van der Waals surface area contributed by atoms with Crippen LogP contribution in [0.15, 0.2) is 12.2 Å². The minimum atomic E-state index is -0.180. The molecule has 7 atom stereocenters. The van der Waals surface area contributed by atoms with Gasteiger partial charge in [-0.2, -0.15) is 0 Å². The van der Waals surface area contributed by atoms with Gasteiger partial charge in [0.05, 0.1) is 20.1 Å². The van der Waals surface area contributed by atoms with Crippen molar-refractivity contribution >= 4 is 18.9 Å². The summed E-state index contributed by atoms with van der Waals surface area (Å²) in [4.78, 5) is 0. The predicted octanol–water partition coefficient (Wildman–Crippen LogP) is 5.15. The highest BCUT2D eigenvalue weighted by atomic mass is 31.0. The van der Waals surface area contributed by atoms with Gasteiger partial charge in [-0.05, 0) is 62.2 Å². The fraction of sp³-hybridized carbons (Fsp3) is 0.895. The lowest BCUT2D eigenvalue weighted by Gasteiger charge is -2.31. The van der Waals surface area contributed by atoms with Crippen LogP contribution in [0.5, 0.6) is 0 Å². The molecule has 2 saturated carbocycles. The SMILES string of the molecule is [3HH].[3H]PO[C@@H]1C[C@H](C)[C@H](C/C=C\CO)[C@H]1CC[C@@H](OP)C1CCCCC1. The number of allylic oxidation sites excluding steroid dienone is 1. The summed E-state index contributed by atoms with van der Waals surface area (Å²) in [6.45, 7) is 2.43. The number of hydrogen-bond donors (Lipinski definition) is 1. The fourth-order valence-electron chi connectivity index (χ4n) is 4.96. The Bertz CT molecular complexity index is 395. The molecule has 2 aliphatic carbocycles. The van der Waals surface area contributed by atoms with Gasteiger partial charge < -0.3 is 14.2 Å². The van der Waals surface area contributed by atoms with Crippen LogP contribution in [0, 0.1) is 23.7 Å². The van der Waals surface area contributed by atoms with Crippen LogP contribution in [0.2, 0.25) is 0 Å². The molecule has 1 N–H and O–H groups in total. The summed E-state index contributed by atoms with van der Waals surface area (Å²) in [5.74, 6) is 2.40. The third-order valence-electron chi connectivity index (χ3n) is 6.33. The maximum atomic E-state index is 9.01. The Labute approximate surface area is 155 Å². The summed E-state index contributed by atoms with van der Waals surface area (Å²) >= 11 is 0. The van der Waals surface area contributed by atoms with Gasteiger partial charge in [0.2, 0.25) is 0 Å². The Morgan fingerprint density at radius 2 is 2.08 bits per heavy atom. The van der Waals surface area contributed by atoms with E-state index in [0.717, 1.165) is 25.7 Å². The maximum absolute atomic E-state index is 9.01. The third-order valence-corrected chi connectivity index (χ3v) is 6.98. The van der Waals surface area contributed by atoms with Crippen molar-refractivity contribution in [3.63, 3.8) is 0 Å². The van der Waals surface area contributed by atoms with Crippen molar-refractivity contribution in [1.29, 1.82) is 1.28 Å². The minimum Gasteiger partial charge on any atom is -0.392 e. The van der Waals surface area contributed by atoms with E-state index in [4.69, 9.17) is 15.4 Å². The topological polar surface area (TPSA) is 38.7 Å². The van der Waals surface area contributed by atoms with E-state index in [0.29, 0.717) is 29.8 Å². The molecule has 0 bridgehead atoms. The van der Waals surface area contributed by atoms with Gasteiger partial charge in [0, 0.05) is 20.3 Å². The number of aliphatic hydroxyl groups is 1. The highest BCUT2D eigenvalue weighted by Crippen LogP contribution is 2.45. The molecule has 2 fully saturated rings. The zero-order valence-corrected chi connectivity index (χ0v) is 17.2. The van der Waals surface area contributed by atoms with Crippen LogP contribution in [0.4, 0.5) is 0 Å². The van der Waals surface area contributed by atoms with Gasteiger partial charge in [0.15, 0.2) is 0 Å². The lowest BCUT2D eigenvalue weighted by atomic mass is 9.80. The summed E-state index contributed by atoms with van der Waals surface area (Å²) in [6.07, 6.45) is 15.5. The zero-order valence-electron chi connectivity index (χ0n) is 16.0. The number of aliphatic hydroxyl groups excluding tert-OH is 1. The highest BCUT2D eigenvalue weighted by molar-refractivity contribution is 7.10. The lowest BCUT2D eigenvalue weighted by Crippen LogP contribution is -2.27. The van der Waals surface area contributed by atoms with E-state index in [1.54, 1.807) is 0 Å². The first-order chi connectivity index (χ1) is 12.2. The third kappa shape index (κ3) is 5.75. The van der Waals surface area contributed by atoms with Gasteiger partial charge in [0.1, 0.15) is 0 Å². The van der Waals surface area contributed by atoms with Crippen molar-refractivity contribution in [2.24, 2.45) is 23.7 Å². The second-order valence-corrected chi connectivity index (χ2v) is 8.24. The standard InChI is InChI=1S/C19H36O3P2.H2/c1-14-13-19(22-24)17(16(14)9-5-6-12-20)10-11-18(21-23)15-7-3-2-4-8-15;/h5-6,14-20H,2-4,7-13,23-24H2,1H3;1H/b6-5-;/t14-,16-,17+,18+,19+;/m0./s1/i24T;1+2/t14-,16-,17+,18+,19+,24?;. The van der Waals surface area contributed by atoms with Gasteiger partial charge in [-0.25, -0.2) is 0 Å². The Balaban J connectivity index is 0.00000338. The van der Waals surface area contributed by atoms with Crippen LogP contribution in [0.25, 0.3) is 0 Å². The maximum Gasteiger partial charge on any atom is 0.0851 e. The van der Waals surface area contributed by atoms with E-state index < -0.39 is 0 Å². The summed E-state index contributed by atoms with van der Waals surface area (Å²) in [5, 5.41) is 9.01. The average molecular weight is 380 g/mol. The van der Waals surface area contributed by atoms with Crippen LogP contribution in [-0.2, 0) is 9.05 Å². The molecule has 0 saturated heterocycles. The van der Waals surface area contributed by atoms with Crippen molar-refractivity contribution in [2.75, 3.05) is 6.61 Å². The average Bonchev–Trinajstić information content (AvgIpc) is 2.92. The Hall–Kier alpha value is 0.480. The van der Waals surface area contributed by atoms with E-state index in [9.17, 15) is 0 Å². The Morgan fingerprint density at radius 3 is 2.75 bits per heavy atom. The molecular formula is C19H38O3P2. The minimum absolute atomic E-state index is 0. The van der Waals surface area contributed by atoms with Crippen molar-refractivity contribution in [1.82, 2.24) is 0 Å². The van der Waals surface area contributed by atoms with Crippen LogP contribution in [-0.4, -0.2) is 25.2 Å². The van der Waals surface area contributed by atoms with E-state index in [1.165, 1.54) is 32.1 Å². The highest BCUT2D eigenvalue weighted by Gasteiger charge is 2.40. The first-order valence-corrected chi connectivity index (χ1v) is 10.5. The van der Waals surface area contributed by atoms with Crippen molar-refractivity contribution in [2.45, 2.75) is 76.9 Å². The second-order valence-electron chi connectivity index (χ2n) is 7.74. The monoisotopic (exact) mass is 380 g/mol. The molecule has 2 aliphatic rings. The molecule has 3 nitrogen and oxygen atoms in total. The van der Waals surface area contributed by atoms with Crippen LogP contribution in [0.1, 0.15) is 66.1 Å². The summed E-state index contributed by atoms with van der Waals surface area (Å²) in [7, 11) is 2.32. The van der Waals surface area contributed by atoms with Crippen LogP contribution < -0.4 is 0 Å². The summed E-state index contributed by atoms with van der Waals surface area (Å²) in [5.41, 5.74) is 0. The van der Waals surface area contributed by atoms with Crippen molar-refractivity contribution < 1.29 is 15.6 Å². The molecule has 0 heterocycles. The van der Waals surface area contributed by atoms with Gasteiger partial charge in [0.25, 0.3) is 0 Å². The molecule has 2 rings (SSSR count). The Kier molecular flexibility index (Phi) is 9.02. The van der Waals surface area contributed by atoms with E-state index in [1.807, 2.05) is 6.08 Å². The largest absolute Gasteiger partial charge is 0.392 e. The molecule has 0 aliphatic heterocycles. The quantitative estimate of drug-likeness (QED) is 0.421.